The second kappa shape index (κ2) is 9.98. The quantitative estimate of drug-likeness (QED) is 0.474. The third-order valence-electron chi connectivity index (χ3n) is 3.94. The summed E-state index contributed by atoms with van der Waals surface area (Å²) >= 11 is 0.974. The molecule has 9 nitrogen and oxygen atoms in total. The van der Waals surface area contributed by atoms with Gasteiger partial charge in [0.05, 0.1) is 18.9 Å². The average Bonchev–Trinajstić information content (AvgIpc) is 3.01. The highest BCUT2D eigenvalue weighted by atomic mass is 32.1. The van der Waals surface area contributed by atoms with E-state index in [1.807, 2.05) is 0 Å². The molecule has 0 aliphatic heterocycles. The van der Waals surface area contributed by atoms with Crippen molar-refractivity contribution in [2.75, 3.05) is 20.3 Å². The molecule has 0 saturated heterocycles. The second-order valence-corrected chi connectivity index (χ2v) is 7.13. The summed E-state index contributed by atoms with van der Waals surface area (Å²) in [6, 6.07) is 0. The average molecular weight is 409 g/mol. The Morgan fingerprint density at radius 3 is 2.68 bits per heavy atom. The Morgan fingerprint density at radius 2 is 2.00 bits per heavy atom. The maximum atomic E-state index is 12.3. The lowest BCUT2D eigenvalue weighted by Crippen LogP contribution is -2.30. The van der Waals surface area contributed by atoms with Crippen LogP contribution in [0.3, 0.4) is 0 Å². The number of unbranched alkanes of at least 4 members (excludes halogenated alkanes) is 2. The summed E-state index contributed by atoms with van der Waals surface area (Å²) in [6.45, 7) is 3.77. The summed E-state index contributed by atoms with van der Waals surface area (Å²) in [7, 11) is 1.21. The maximum absolute atomic E-state index is 12.3. The first kappa shape index (κ1) is 21.5. The molecule has 0 aliphatic rings. The third-order valence-corrected chi connectivity index (χ3v) is 5.04. The van der Waals surface area contributed by atoms with Crippen molar-refractivity contribution >= 4 is 39.4 Å². The predicted molar refractivity (Wildman–Crippen MR) is 104 cm³/mol. The van der Waals surface area contributed by atoms with Crippen LogP contribution in [-0.2, 0) is 25.5 Å². The van der Waals surface area contributed by atoms with Gasteiger partial charge < -0.3 is 19.8 Å². The lowest BCUT2D eigenvalue weighted by molar-refractivity contribution is -0.147. The fourth-order valence-corrected chi connectivity index (χ4v) is 3.75. The van der Waals surface area contributed by atoms with Crippen LogP contribution in [0.25, 0.3) is 10.2 Å². The van der Waals surface area contributed by atoms with Gasteiger partial charge in [-0.15, -0.1) is 11.3 Å². The van der Waals surface area contributed by atoms with E-state index in [-0.39, 0.29) is 22.2 Å². The van der Waals surface area contributed by atoms with E-state index < -0.39 is 30.0 Å². The number of aryl methyl sites for hydroxylation is 1. The molecule has 2 N–H and O–H groups in total. The van der Waals surface area contributed by atoms with Crippen LogP contribution in [0.15, 0.2) is 4.79 Å². The highest BCUT2D eigenvalue weighted by Gasteiger charge is 2.25. The fraction of sp³-hybridized carbons (Fsp3) is 0.500. The van der Waals surface area contributed by atoms with Gasteiger partial charge in [-0.1, -0.05) is 19.8 Å². The topological polar surface area (TPSA) is 127 Å². The number of fused-ring (bicyclic) bond motifs is 1. The fourth-order valence-electron chi connectivity index (χ4n) is 2.59. The molecule has 0 saturated carbocycles. The largest absolute Gasteiger partial charge is 0.465 e. The number of rotatable bonds is 9. The van der Waals surface area contributed by atoms with E-state index in [0.29, 0.717) is 17.2 Å². The van der Waals surface area contributed by atoms with E-state index in [9.17, 15) is 19.2 Å². The highest BCUT2D eigenvalue weighted by Crippen LogP contribution is 2.29. The summed E-state index contributed by atoms with van der Waals surface area (Å²) < 4.78 is 9.72. The summed E-state index contributed by atoms with van der Waals surface area (Å²) in [4.78, 5) is 55.5. The molecule has 2 aromatic rings. The number of aromatic nitrogens is 2. The van der Waals surface area contributed by atoms with Crippen molar-refractivity contribution in [1.82, 2.24) is 15.3 Å². The lowest BCUT2D eigenvalue weighted by Gasteiger charge is -2.07. The van der Waals surface area contributed by atoms with E-state index in [2.05, 4.69) is 22.2 Å². The second-order valence-electron chi connectivity index (χ2n) is 6.13. The van der Waals surface area contributed by atoms with Gasteiger partial charge in [0.2, 0.25) is 0 Å². The van der Waals surface area contributed by atoms with Crippen molar-refractivity contribution in [1.29, 1.82) is 0 Å². The van der Waals surface area contributed by atoms with E-state index in [1.165, 1.54) is 7.11 Å². The van der Waals surface area contributed by atoms with Gasteiger partial charge in [0.25, 0.3) is 11.5 Å². The van der Waals surface area contributed by atoms with Crippen LogP contribution in [0.4, 0.5) is 0 Å². The molecule has 2 heterocycles. The minimum Gasteiger partial charge on any atom is -0.465 e. The molecule has 0 spiro atoms. The molecular weight excluding hydrogens is 386 g/mol. The molecular formula is C18H23N3O6S. The molecule has 0 fully saturated rings. The van der Waals surface area contributed by atoms with Gasteiger partial charge in [-0.05, 0) is 13.3 Å². The normalized spacial score (nSPS) is 10.7. The smallest absolute Gasteiger partial charge is 0.348 e. The Morgan fingerprint density at radius 1 is 1.25 bits per heavy atom. The number of amides is 1. The number of ether oxygens (including phenoxy) is 2. The number of nitrogens with zero attached hydrogens (tertiary/aromatic N) is 1. The van der Waals surface area contributed by atoms with Crippen LogP contribution < -0.4 is 10.9 Å². The lowest BCUT2D eigenvalue weighted by atomic mass is 10.1. The number of aromatic amines is 1. The molecule has 0 unspecified atom stereocenters. The number of hydrogen-bond acceptors (Lipinski definition) is 8. The first-order valence-electron chi connectivity index (χ1n) is 8.90. The molecule has 0 bridgehead atoms. The van der Waals surface area contributed by atoms with Gasteiger partial charge in [0, 0.05) is 12.1 Å². The Labute approximate surface area is 165 Å². The summed E-state index contributed by atoms with van der Waals surface area (Å²) in [5.74, 6) is -1.41. The Hall–Kier alpha value is -2.75. The molecule has 28 heavy (non-hydrogen) atoms. The van der Waals surface area contributed by atoms with E-state index in [4.69, 9.17) is 9.47 Å². The van der Waals surface area contributed by atoms with Gasteiger partial charge in [-0.25, -0.2) is 9.78 Å². The van der Waals surface area contributed by atoms with Gasteiger partial charge in [0.1, 0.15) is 15.5 Å². The number of nitrogens with one attached hydrogen (secondary N) is 2. The predicted octanol–water partition coefficient (Wildman–Crippen LogP) is 1.47. The Kier molecular flexibility index (Phi) is 7.68. The van der Waals surface area contributed by atoms with Crippen LogP contribution in [-0.4, -0.2) is 48.1 Å². The van der Waals surface area contributed by atoms with E-state index in [1.54, 1.807) is 6.92 Å². The standard InChI is InChI=1S/C18H23N3O6S/c1-4-5-6-7-19-12(22)9-27-13(23)8-11-14-16(24)20-10(2)21-17(14)28-15(11)18(25)26-3/h4-9H2,1-3H3,(H,19,22)(H,20,21,24). The van der Waals surface area contributed by atoms with E-state index in [0.717, 1.165) is 30.6 Å². The zero-order valence-electron chi connectivity index (χ0n) is 16.0. The van der Waals surface area contributed by atoms with Gasteiger partial charge in [-0.3, -0.25) is 14.4 Å². The first-order chi connectivity index (χ1) is 13.4. The Balaban J connectivity index is 2.12. The monoisotopic (exact) mass is 409 g/mol. The number of thiophene rings is 1. The summed E-state index contributed by atoms with van der Waals surface area (Å²) in [5.41, 5.74) is -0.265. The number of carbonyl (C=O) groups excluding carboxylic acids is 3. The van der Waals surface area contributed by atoms with Crippen LogP contribution in [0.5, 0.6) is 0 Å². The van der Waals surface area contributed by atoms with Crippen molar-refractivity contribution in [3.8, 4) is 0 Å². The van der Waals surface area contributed by atoms with Gasteiger partial charge in [-0.2, -0.15) is 0 Å². The van der Waals surface area contributed by atoms with Crippen molar-refractivity contribution < 1.29 is 23.9 Å². The Bertz CT molecular complexity index is 933. The minimum atomic E-state index is -0.728. The molecule has 1 amide bonds. The number of hydrogen-bond donors (Lipinski definition) is 2. The first-order valence-corrected chi connectivity index (χ1v) is 9.71. The van der Waals surface area contributed by atoms with Gasteiger partial charge >= 0.3 is 11.9 Å². The third kappa shape index (κ3) is 5.38. The molecule has 2 aromatic heterocycles. The number of esters is 2. The van der Waals surface area contributed by atoms with Crippen molar-refractivity contribution in [2.24, 2.45) is 0 Å². The molecule has 0 aliphatic carbocycles. The summed E-state index contributed by atoms with van der Waals surface area (Å²) in [5, 5.41) is 2.81. The molecule has 2 rings (SSSR count). The van der Waals surface area contributed by atoms with Crippen molar-refractivity contribution in [3.05, 3.63) is 26.6 Å². The highest BCUT2D eigenvalue weighted by molar-refractivity contribution is 7.20. The van der Waals surface area contributed by atoms with Crippen molar-refractivity contribution in [2.45, 2.75) is 39.5 Å². The van der Waals surface area contributed by atoms with Crippen LogP contribution >= 0.6 is 11.3 Å². The molecule has 0 radical (unpaired) electrons. The van der Waals surface area contributed by atoms with Crippen LogP contribution in [0.2, 0.25) is 0 Å². The van der Waals surface area contributed by atoms with Crippen molar-refractivity contribution in [3.63, 3.8) is 0 Å². The molecule has 0 aromatic carbocycles. The molecule has 0 atom stereocenters. The van der Waals surface area contributed by atoms with Gasteiger partial charge in [0.15, 0.2) is 6.61 Å². The van der Waals surface area contributed by atoms with E-state index >= 15 is 0 Å². The zero-order chi connectivity index (χ0) is 20.7. The van der Waals surface area contributed by atoms with Crippen LogP contribution in [0.1, 0.15) is 47.2 Å². The number of H-pyrrole nitrogens is 1. The van der Waals surface area contributed by atoms with Crippen LogP contribution in [0, 0.1) is 6.92 Å². The number of methoxy groups -OCH3 is 1. The number of carbonyl (C=O) groups is 3. The molecule has 152 valence electrons. The summed E-state index contributed by atoms with van der Waals surface area (Å²) in [6.07, 6.45) is 2.55. The zero-order valence-corrected chi connectivity index (χ0v) is 16.9. The SMILES string of the molecule is CCCCCNC(=O)COC(=O)Cc1c(C(=O)OC)sc2nc(C)[nH]c(=O)c12. The minimum absolute atomic E-state index is 0.113. The molecule has 10 heteroatoms. The maximum Gasteiger partial charge on any atom is 0.348 e.